The Hall–Kier alpha value is -2.21. The largest absolute Gasteiger partial charge is 0.389 e. The number of hydrogen-bond donors (Lipinski definition) is 2. The number of amides is 1. The van der Waals surface area contributed by atoms with Crippen molar-refractivity contribution in [3.05, 3.63) is 35.7 Å². The summed E-state index contributed by atoms with van der Waals surface area (Å²) >= 11 is 0. The highest BCUT2D eigenvalue weighted by Crippen LogP contribution is 2.19. The zero-order valence-corrected chi connectivity index (χ0v) is 10.5. The summed E-state index contributed by atoms with van der Waals surface area (Å²) in [5.74, 6) is 1.24. The Morgan fingerprint density at radius 3 is 2.89 bits per heavy atom. The summed E-state index contributed by atoms with van der Waals surface area (Å²) in [5.41, 5.74) is 1.39. The van der Waals surface area contributed by atoms with Crippen molar-refractivity contribution in [2.24, 2.45) is 0 Å². The van der Waals surface area contributed by atoms with E-state index in [-0.39, 0.29) is 12.0 Å². The first kappa shape index (κ1) is 11.9. The summed E-state index contributed by atoms with van der Waals surface area (Å²) in [6.45, 7) is 2.64. The van der Waals surface area contributed by atoms with Crippen LogP contribution in [0.4, 0.5) is 0 Å². The third-order valence-corrected chi connectivity index (χ3v) is 3.11. The van der Waals surface area contributed by atoms with Gasteiger partial charge in [0, 0.05) is 24.2 Å². The molecule has 0 spiro atoms. The molecule has 0 unspecified atom stereocenters. The van der Waals surface area contributed by atoms with Crippen LogP contribution in [-0.4, -0.2) is 50.3 Å². The van der Waals surface area contributed by atoms with Gasteiger partial charge >= 0.3 is 0 Å². The Labute approximate surface area is 110 Å². The summed E-state index contributed by atoms with van der Waals surface area (Å²) in [7, 11) is 0. The molecule has 6 nitrogen and oxygen atoms in total. The summed E-state index contributed by atoms with van der Waals surface area (Å²) in [5, 5.41) is 16.1. The molecular weight excluding hydrogens is 244 g/mol. The highest BCUT2D eigenvalue weighted by Gasteiger charge is 2.29. The molecule has 1 amide bonds. The zero-order valence-electron chi connectivity index (χ0n) is 10.5. The van der Waals surface area contributed by atoms with Crippen molar-refractivity contribution in [1.82, 2.24) is 20.1 Å². The van der Waals surface area contributed by atoms with Crippen molar-refractivity contribution in [2.75, 3.05) is 13.1 Å². The predicted molar refractivity (Wildman–Crippen MR) is 68.5 cm³/mol. The molecule has 19 heavy (non-hydrogen) atoms. The molecule has 0 aliphatic carbocycles. The first-order valence-corrected chi connectivity index (χ1v) is 6.10. The number of aromatic amines is 1. The normalized spacial score (nSPS) is 15.4. The van der Waals surface area contributed by atoms with E-state index in [1.807, 2.05) is 19.1 Å². The number of carbonyl (C=O) groups is 1. The molecule has 1 aromatic carbocycles. The molecule has 98 valence electrons. The quantitative estimate of drug-likeness (QED) is 0.826. The van der Waals surface area contributed by atoms with Crippen LogP contribution in [0.15, 0.2) is 24.3 Å². The number of H-pyrrole nitrogens is 1. The van der Waals surface area contributed by atoms with Gasteiger partial charge in [0.25, 0.3) is 5.91 Å². The van der Waals surface area contributed by atoms with Gasteiger partial charge in [0.15, 0.2) is 5.82 Å². The van der Waals surface area contributed by atoms with Gasteiger partial charge in [-0.1, -0.05) is 12.1 Å². The lowest BCUT2D eigenvalue weighted by Gasteiger charge is -2.35. The highest BCUT2D eigenvalue weighted by atomic mass is 16.3. The number of likely N-dealkylation sites (tertiary alicyclic amines) is 1. The van der Waals surface area contributed by atoms with Gasteiger partial charge in [0.1, 0.15) is 5.82 Å². The van der Waals surface area contributed by atoms with Crippen molar-refractivity contribution in [1.29, 1.82) is 0 Å². The number of benzene rings is 1. The maximum atomic E-state index is 12.1. The molecule has 3 rings (SSSR count). The third kappa shape index (κ3) is 2.22. The lowest BCUT2D eigenvalue weighted by atomic mass is 10.1. The van der Waals surface area contributed by atoms with Crippen molar-refractivity contribution < 1.29 is 9.90 Å². The molecule has 6 heteroatoms. The smallest absolute Gasteiger partial charge is 0.254 e. The van der Waals surface area contributed by atoms with Crippen LogP contribution in [0.1, 0.15) is 16.2 Å². The highest BCUT2D eigenvalue weighted by molar-refractivity contribution is 5.95. The number of aliphatic hydroxyl groups excluding tert-OH is 1. The topological polar surface area (TPSA) is 82.1 Å². The van der Waals surface area contributed by atoms with Crippen LogP contribution in [0.25, 0.3) is 11.4 Å². The lowest BCUT2D eigenvalue weighted by Crippen LogP contribution is -2.53. The van der Waals surface area contributed by atoms with E-state index in [0.29, 0.717) is 24.5 Å². The Balaban J connectivity index is 1.85. The Morgan fingerprint density at radius 2 is 2.26 bits per heavy atom. The van der Waals surface area contributed by atoms with Crippen molar-refractivity contribution in [3.63, 3.8) is 0 Å². The van der Waals surface area contributed by atoms with E-state index >= 15 is 0 Å². The lowest BCUT2D eigenvalue weighted by molar-refractivity contribution is 0.00590. The van der Waals surface area contributed by atoms with Gasteiger partial charge in [0.2, 0.25) is 0 Å². The molecule has 0 atom stereocenters. The molecule has 2 aromatic rings. The van der Waals surface area contributed by atoms with Crippen LogP contribution in [-0.2, 0) is 0 Å². The van der Waals surface area contributed by atoms with Crippen LogP contribution in [0.3, 0.4) is 0 Å². The van der Waals surface area contributed by atoms with Gasteiger partial charge in [-0.05, 0) is 19.1 Å². The first-order valence-electron chi connectivity index (χ1n) is 6.10. The number of hydrogen-bond acceptors (Lipinski definition) is 4. The average molecular weight is 258 g/mol. The number of aryl methyl sites for hydroxylation is 1. The molecule has 2 N–H and O–H groups in total. The second-order valence-corrected chi connectivity index (χ2v) is 4.69. The van der Waals surface area contributed by atoms with Crippen molar-refractivity contribution in [2.45, 2.75) is 13.0 Å². The van der Waals surface area contributed by atoms with Crippen LogP contribution in [0.2, 0.25) is 0 Å². The van der Waals surface area contributed by atoms with E-state index in [2.05, 4.69) is 15.2 Å². The Bertz CT molecular complexity index is 617. The van der Waals surface area contributed by atoms with E-state index in [1.165, 1.54) is 0 Å². The number of nitrogens with zero attached hydrogens (tertiary/aromatic N) is 3. The van der Waals surface area contributed by atoms with E-state index < -0.39 is 0 Å². The van der Waals surface area contributed by atoms with E-state index in [4.69, 9.17) is 0 Å². The Kier molecular flexibility index (Phi) is 2.79. The molecule has 1 aliphatic heterocycles. The van der Waals surface area contributed by atoms with E-state index in [1.54, 1.807) is 17.0 Å². The minimum atomic E-state index is -0.386. The molecule has 0 radical (unpaired) electrons. The fourth-order valence-electron chi connectivity index (χ4n) is 2.07. The van der Waals surface area contributed by atoms with Crippen LogP contribution in [0, 0.1) is 6.92 Å². The monoisotopic (exact) mass is 258 g/mol. The second kappa shape index (κ2) is 4.47. The summed E-state index contributed by atoms with van der Waals surface area (Å²) < 4.78 is 0. The number of nitrogens with one attached hydrogen (secondary N) is 1. The van der Waals surface area contributed by atoms with Crippen LogP contribution in [0.5, 0.6) is 0 Å². The minimum absolute atomic E-state index is 0.0700. The predicted octanol–water partition coefficient (Wildman–Crippen LogP) is 0.597. The fourth-order valence-corrected chi connectivity index (χ4v) is 2.07. The summed E-state index contributed by atoms with van der Waals surface area (Å²) in [4.78, 5) is 18.0. The van der Waals surface area contributed by atoms with Crippen molar-refractivity contribution >= 4 is 5.91 Å². The van der Waals surface area contributed by atoms with Gasteiger partial charge < -0.3 is 10.0 Å². The van der Waals surface area contributed by atoms with Crippen LogP contribution >= 0.6 is 0 Å². The molecule has 1 saturated heterocycles. The van der Waals surface area contributed by atoms with E-state index in [0.717, 1.165) is 11.4 Å². The van der Waals surface area contributed by atoms with Gasteiger partial charge in [0.05, 0.1) is 6.10 Å². The second-order valence-electron chi connectivity index (χ2n) is 4.69. The SMILES string of the molecule is Cc1nc(-c2cccc(C(=O)N3CC(O)C3)c2)n[nH]1. The Morgan fingerprint density at radius 1 is 1.47 bits per heavy atom. The fraction of sp³-hybridized carbons (Fsp3) is 0.308. The molecular formula is C13H14N4O2. The van der Waals surface area contributed by atoms with Gasteiger partial charge in [-0.15, -0.1) is 0 Å². The molecule has 1 aromatic heterocycles. The van der Waals surface area contributed by atoms with Gasteiger partial charge in [-0.25, -0.2) is 4.98 Å². The number of β-amino-alcohol motifs (C(OH)–C–C–N with tert-alkyl or cyclic N) is 1. The molecule has 0 saturated carbocycles. The maximum Gasteiger partial charge on any atom is 0.254 e. The third-order valence-electron chi connectivity index (χ3n) is 3.11. The average Bonchev–Trinajstić information content (AvgIpc) is 2.81. The van der Waals surface area contributed by atoms with Crippen molar-refractivity contribution in [3.8, 4) is 11.4 Å². The molecule has 1 aliphatic rings. The number of aliphatic hydroxyl groups is 1. The standard InChI is InChI=1S/C13H14N4O2/c1-8-14-12(16-15-8)9-3-2-4-10(5-9)13(19)17-6-11(18)7-17/h2-5,11,18H,6-7H2,1H3,(H,14,15,16). The van der Waals surface area contributed by atoms with Gasteiger partial charge in [-0.2, -0.15) is 5.10 Å². The number of aromatic nitrogens is 3. The zero-order chi connectivity index (χ0) is 13.4. The minimum Gasteiger partial charge on any atom is -0.389 e. The molecule has 1 fully saturated rings. The maximum absolute atomic E-state index is 12.1. The number of rotatable bonds is 2. The molecule has 0 bridgehead atoms. The first-order chi connectivity index (χ1) is 9.13. The summed E-state index contributed by atoms with van der Waals surface area (Å²) in [6, 6.07) is 7.21. The summed E-state index contributed by atoms with van der Waals surface area (Å²) in [6.07, 6.45) is -0.386. The van der Waals surface area contributed by atoms with E-state index in [9.17, 15) is 9.90 Å². The van der Waals surface area contributed by atoms with Crippen LogP contribution < -0.4 is 0 Å². The number of carbonyl (C=O) groups excluding carboxylic acids is 1. The molecule has 2 heterocycles. The van der Waals surface area contributed by atoms with Gasteiger partial charge in [-0.3, -0.25) is 9.89 Å².